The molecule has 8 unspecified atom stereocenters. The van der Waals surface area contributed by atoms with Gasteiger partial charge in [0, 0.05) is 0 Å². The molecule has 360 valence electrons. The van der Waals surface area contributed by atoms with Crippen molar-refractivity contribution in [2.75, 3.05) is 13.2 Å². The molecular formula is C51H97NO9. The zero-order chi connectivity index (χ0) is 44.6. The van der Waals surface area contributed by atoms with Crippen LogP contribution >= 0.6 is 0 Å². The molecule has 1 rings (SSSR count). The molecule has 10 heteroatoms. The summed E-state index contributed by atoms with van der Waals surface area (Å²) < 4.78 is 11.1. The predicted octanol–water partition coefficient (Wildman–Crippen LogP) is 10.4. The first-order chi connectivity index (χ1) is 29.8. The molecule has 10 nitrogen and oxygen atoms in total. The molecule has 1 amide bonds. The molecule has 0 aliphatic carbocycles. The van der Waals surface area contributed by atoms with Crippen LogP contribution in [-0.2, 0) is 14.3 Å². The van der Waals surface area contributed by atoms with E-state index in [1.54, 1.807) is 6.08 Å². The van der Waals surface area contributed by atoms with Crippen LogP contribution in [0.15, 0.2) is 24.3 Å². The Kier molecular flexibility index (Phi) is 39.1. The Balaban J connectivity index is 2.26. The van der Waals surface area contributed by atoms with Gasteiger partial charge in [-0.3, -0.25) is 4.79 Å². The number of carbonyl (C=O) groups excluding carboxylic acids is 1. The SMILES string of the molecule is CCCCCCCCCCC/C=C/C(O)C(COC1OC(CO)C(O)C(O)C1O)NC(=O)C(O)CCCCCCCCCCC/C=C\CCCCCCCCCCCCCC. The van der Waals surface area contributed by atoms with Gasteiger partial charge in [-0.2, -0.15) is 0 Å². The quantitative estimate of drug-likeness (QED) is 0.0233. The number of allylic oxidation sites excluding steroid dienone is 3. The number of aliphatic hydroxyl groups is 6. The Labute approximate surface area is 373 Å². The minimum atomic E-state index is -1.61. The van der Waals surface area contributed by atoms with Crippen molar-refractivity contribution in [2.45, 2.75) is 281 Å². The maximum atomic E-state index is 13.1. The monoisotopic (exact) mass is 868 g/mol. The highest BCUT2D eigenvalue weighted by atomic mass is 16.7. The Bertz CT molecular complexity index is 1030. The topological polar surface area (TPSA) is 169 Å². The lowest BCUT2D eigenvalue weighted by molar-refractivity contribution is -0.302. The van der Waals surface area contributed by atoms with Crippen molar-refractivity contribution in [2.24, 2.45) is 0 Å². The first-order valence-electron chi connectivity index (χ1n) is 25.7. The van der Waals surface area contributed by atoms with E-state index >= 15 is 0 Å². The second kappa shape index (κ2) is 41.3. The Morgan fingerprint density at radius 1 is 0.557 bits per heavy atom. The highest BCUT2D eigenvalue weighted by Crippen LogP contribution is 2.23. The Hall–Kier alpha value is -1.37. The van der Waals surface area contributed by atoms with Gasteiger partial charge in [-0.25, -0.2) is 0 Å². The number of aliphatic hydroxyl groups excluding tert-OH is 6. The average molecular weight is 868 g/mol. The van der Waals surface area contributed by atoms with Crippen molar-refractivity contribution in [1.82, 2.24) is 5.32 Å². The smallest absolute Gasteiger partial charge is 0.249 e. The maximum Gasteiger partial charge on any atom is 0.249 e. The lowest BCUT2D eigenvalue weighted by atomic mass is 9.99. The van der Waals surface area contributed by atoms with Crippen LogP contribution in [0.2, 0.25) is 0 Å². The van der Waals surface area contributed by atoms with Crippen LogP contribution in [0.5, 0.6) is 0 Å². The molecule has 1 fully saturated rings. The van der Waals surface area contributed by atoms with Gasteiger partial charge in [-0.15, -0.1) is 0 Å². The average Bonchev–Trinajstić information content (AvgIpc) is 3.26. The van der Waals surface area contributed by atoms with Crippen molar-refractivity contribution >= 4 is 5.91 Å². The third-order valence-corrected chi connectivity index (χ3v) is 12.4. The summed E-state index contributed by atoms with van der Waals surface area (Å²) in [5.41, 5.74) is 0. The van der Waals surface area contributed by atoms with Crippen molar-refractivity contribution in [3.05, 3.63) is 24.3 Å². The fourth-order valence-electron chi connectivity index (χ4n) is 8.16. The molecule has 0 spiro atoms. The molecule has 0 aromatic heterocycles. The van der Waals surface area contributed by atoms with Gasteiger partial charge in [0.1, 0.15) is 30.5 Å². The standard InChI is InChI=1S/C51H97NO9/c1-3-5-7-9-11-13-15-16-17-18-19-20-21-22-23-24-25-26-27-28-30-32-34-36-38-40-45(55)50(59)52-43(42-60-51-49(58)48(57)47(56)46(41-53)61-51)44(54)39-37-35-33-31-29-14-12-10-8-6-4-2/h22-23,37,39,43-49,51,53-58H,3-21,24-36,38,40-42H2,1-2H3,(H,52,59)/b23-22-,39-37+. The Morgan fingerprint density at radius 2 is 0.951 bits per heavy atom. The minimum Gasteiger partial charge on any atom is -0.394 e. The van der Waals surface area contributed by atoms with Gasteiger partial charge in [-0.1, -0.05) is 212 Å². The van der Waals surface area contributed by atoms with E-state index in [1.807, 2.05) is 6.08 Å². The fraction of sp³-hybridized carbons (Fsp3) is 0.902. The first kappa shape index (κ1) is 57.6. The summed E-state index contributed by atoms with van der Waals surface area (Å²) in [6.07, 6.45) is 40.0. The largest absolute Gasteiger partial charge is 0.394 e. The van der Waals surface area contributed by atoms with Gasteiger partial charge in [0.15, 0.2) is 6.29 Å². The lowest BCUT2D eigenvalue weighted by Gasteiger charge is -2.40. The summed E-state index contributed by atoms with van der Waals surface area (Å²) in [6.45, 7) is 3.60. The number of ether oxygens (including phenoxy) is 2. The van der Waals surface area contributed by atoms with Gasteiger partial charge >= 0.3 is 0 Å². The zero-order valence-electron chi connectivity index (χ0n) is 39.3. The van der Waals surface area contributed by atoms with Gasteiger partial charge < -0.3 is 45.4 Å². The van der Waals surface area contributed by atoms with E-state index in [2.05, 4.69) is 31.3 Å². The van der Waals surface area contributed by atoms with E-state index in [0.717, 1.165) is 38.5 Å². The zero-order valence-corrected chi connectivity index (χ0v) is 39.3. The molecule has 0 saturated carbocycles. The van der Waals surface area contributed by atoms with E-state index in [1.165, 1.54) is 167 Å². The van der Waals surface area contributed by atoms with Gasteiger partial charge in [0.05, 0.1) is 25.4 Å². The molecular weight excluding hydrogens is 771 g/mol. The normalized spacial score (nSPS) is 21.1. The molecule has 0 bridgehead atoms. The number of nitrogens with one attached hydrogen (secondary N) is 1. The molecule has 1 aliphatic heterocycles. The summed E-state index contributed by atoms with van der Waals surface area (Å²) in [6, 6.07) is -0.978. The van der Waals surface area contributed by atoms with Crippen LogP contribution in [-0.4, -0.2) is 98.7 Å². The molecule has 7 N–H and O–H groups in total. The van der Waals surface area contributed by atoms with E-state index < -0.39 is 61.5 Å². The van der Waals surface area contributed by atoms with Crippen LogP contribution in [0.25, 0.3) is 0 Å². The molecule has 0 aromatic rings. The van der Waals surface area contributed by atoms with E-state index in [4.69, 9.17) is 9.47 Å². The van der Waals surface area contributed by atoms with Crippen LogP contribution in [0, 0.1) is 0 Å². The second-order valence-electron chi connectivity index (χ2n) is 18.1. The number of hydrogen-bond acceptors (Lipinski definition) is 9. The van der Waals surface area contributed by atoms with E-state index in [0.29, 0.717) is 12.8 Å². The van der Waals surface area contributed by atoms with Crippen LogP contribution in [0.1, 0.15) is 232 Å². The summed E-state index contributed by atoms with van der Waals surface area (Å²) in [5, 5.41) is 64.7. The van der Waals surface area contributed by atoms with Gasteiger partial charge in [0.2, 0.25) is 5.91 Å². The molecule has 1 aliphatic rings. The number of rotatable bonds is 43. The lowest BCUT2D eigenvalue weighted by Crippen LogP contribution is -2.60. The predicted molar refractivity (Wildman–Crippen MR) is 250 cm³/mol. The third kappa shape index (κ3) is 31.2. The highest BCUT2D eigenvalue weighted by Gasteiger charge is 2.44. The maximum absolute atomic E-state index is 13.1. The Morgan fingerprint density at radius 3 is 1.38 bits per heavy atom. The number of carbonyl (C=O) groups is 1. The van der Waals surface area contributed by atoms with Gasteiger partial charge in [0.25, 0.3) is 0 Å². The number of unbranched alkanes of at least 4 members (excludes halogenated alkanes) is 30. The summed E-state index contributed by atoms with van der Waals surface area (Å²) in [5.74, 6) is -0.618. The third-order valence-electron chi connectivity index (χ3n) is 12.4. The molecule has 1 saturated heterocycles. The molecule has 61 heavy (non-hydrogen) atoms. The number of amides is 1. The highest BCUT2D eigenvalue weighted by molar-refractivity contribution is 5.80. The van der Waals surface area contributed by atoms with E-state index in [-0.39, 0.29) is 6.61 Å². The van der Waals surface area contributed by atoms with Crippen molar-refractivity contribution in [3.63, 3.8) is 0 Å². The molecule has 8 atom stereocenters. The fourth-order valence-corrected chi connectivity index (χ4v) is 8.16. The van der Waals surface area contributed by atoms with Crippen LogP contribution in [0.4, 0.5) is 0 Å². The first-order valence-corrected chi connectivity index (χ1v) is 25.7. The van der Waals surface area contributed by atoms with Crippen molar-refractivity contribution < 1.29 is 44.9 Å². The second-order valence-corrected chi connectivity index (χ2v) is 18.1. The molecule has 0 aromatic carbocycles. The summed E-state index contributed by atoms with van der Waals surface area (Å²) >= 11 is 0. The summed E-state index contributed by atoms with van der Waals surface area (Å²) in [7, 11) is 0. The number of hydrogen-bond donors (Lipinski definition) is 7. The van der Waals surface area contributed by atoms with Crippen LogP contribution in [0.3, 0.4) is 0 Å². The van der Waals surface area contributed by atoms with Crippen LogP contribution < -0.4 is 5.32 Å². The van der Waals surface area contributed by atoms with E-state index in [9.17, 15) is 35.4 Å². The van der Waals surface area contributed by atoms with Crippen molar-refractivity contribution in [1.29, 1.82) is 0 Å². The summed E-state index contributed by atoms with van der Waals surface area (Å²) in [4.78, 5) is 13.1. The van der Waals surface area contributed by atoms with Crippen molar-refractivity contribution in [3.8, 4) is 0 Å². The molecule has 0 radical (unpaired) electrons. The minimum absolute atomic E-state index is 0.305. The molecule has 1 heterocycles. The van der Waals surface area contributed by atoms with Gasteiger partial charge in [-0.05, 0) is 44.9 Å².